The fourth-order valence-corrected chi connectivity index (χ4v) is 6.18. The second kappa shape index (κ2) is 9.40. The smallest absolute Gasteiger partial charge is 0.279 e. The number of nitrogens with zero attached hydrogens (tertiary/aromatic N) is 2. The predicted molar refractivity (Wildman–Crippen MR) is 135 cm³/mol. The highest BCUT2D eigenvalue weighted by molar-refractivity contribution is 7.92. The van der Waals surface area contributed by atoms with Gasteiger partial charge in [0.25, 0.3) is 10.0 Å². The molecule has 178 valence electrons. The van der Waals surface area contributed by atoms with Gasteiger partial charge in [-0.1, -0.05) is 54.1 Å². The summed E-state index contributed by atoms with van der Waals surface area (Å²) < 4.78 is 54.9. The van der Waals surface area contributed by atoms with Gasteiger partial charge in [0, 0.05) is 17.1 Å². The Labute approximate surface area is 205 Å². The second-order valence-electron chi connectivity index (χ2n) is 7.94. The van der Waals surface area contributed by atoms with Crippen LogP contribution in [0.5, 0.6) is 0 Å². The normalized spacial score (nSPS) is 16.4. The summed E-state index contributed by atoms with van der Waals surface area (Å²) in [5.41, 5.74) is 3.36. The maximum atomic E-state index is 13.6. The van der Waals surface area contributed by atoms with Gasteiger partial charge in [0.05, 0.1) is 22.4 Å². The average Bonchev–Trinajstić information content (AvgIpc) is 3.25. The minimum absolute atomic E-state index is 0.0491. The van der Waals surface area contributed by atoms with E-state index in [0.29, 0.717) is 28.4 Å². The van der Waals surface area contributed by atoms with Crippen molar-refractivity contribution in [2.24, 2.45) is 5.10 Å². The molecule has 3 aromatic carbocycles. The molecule has 1 aliphatic heterocycles. The first-order valence-corrected chi connectivity index (χ1v) is 14.1. The van der Waals surface area contributed by atoms with Crippen molar-refractivity contribution in [1.29, 1.82) is 0 Å². The van der Waals surface area contributed by atoms with Crippen molar-refractivity contribution >= 4 is 43.0 Å². The molecule has 10 heteroatoms. The van der Waals surface area contributed by atoms with Gasteiger partial charge >= 0.3 is 0 Å². The Balaban J connectivity index is 1.79. The number of rotatable bonds is 7. The summed E-state index contributed by atoms with van der Waals surface area (Å²) in [5, 5.41) is 4.85. The molecule has 0 aliphatic carbocycles. The number of halogens is 1. The number of hydrogen-bond donors (Lipinski definition) is 1. The van der Waals surface area contributed by atoms with Gasteiger partial charge in [-0.05, 0) is 60.9 Å². The van der Waals surface area contributed by atoms with Crippen molar-refractivity contribution in [1.82, 2.24) is 4.41 Å². The summed E-state index contributed by atoms with van der Waals surface area (Å²) in [6.07, 6.45) is 0.328. The lowest BCUT2D eigenvalue weighted by Crippen LogP contribution is -2.27. The highest BCUT2D eigenvalue weighted by atomic mass is 35.5. The van der Waals surface area contributed by atoms with Gasteiger partial charge in [0.2, 0.25) is 10.0 Å². The van der Waals surface area contributed by atoms with E-state index in [9.17, 15) is 16.8 Å². The van der Waals surface area contributed by atoms with Crippen LogP contribution in [0.25, 0.3) is 0 Å². The number of aryl methyl sites for hydroxylation is 1. The van der Waals surface area contributed by atoms with E-state index in [-0.39, 0.29) is 10.6 Å². The molecule has 0 radical (unpaired) electrons. The van der Waals surface area contributed by atoms with Crippen LogP contribution in [0, 0.1) is 6.92 Å². The van der Waals surface area contributed by atoms with Crippen LogP contribution in [-0.4, -0.2) is 32.7 Å². The molecule has 4 rings (SSSR count). The van der Waals surface area contributed by atoms with Crippen molar-refractivity contribution in [3.05, 3.63) is 94.5 Å². The van der Waals surface area contributed by atoms with Crippen molar-refractivity contribution in [2.75, 3.05) is 10.5 Å². The molecule has 0 bridgehead atoms. The first kappa shape index (κ1) is 24.3. The standard InChI is InChI=1S/C24H24ClN3O4S2/c1-3-33(29,30)27-20-11-6-9-18(14-20)23-16-24(22-13-5-4-8-17(22)2)28(26-23)34(31,32)21-12-7-10-19(25)15-21/h4-15,24,27H,3,16H2,1-2H3. The fraction of sp³-hybridized carbons (Fsp3) is 0.208. The maximum absolute atomic E-state index is 13.6. The van der Waals surface area contributed by atoms with Crippen LogP contribution >= 0.6 is 11.6 Å². The Bertz CT molecular complexity index is 1470. The lowest BCUT2D eigenvalue weighted by molar-refractivity contribution is 0.370. The molecular formula is C24H24ClN3O4S2. The Morgan fingerprint density at radius 3 is 2.44 bits per heavy atom. The topological polar surface area (TPSA) is 95.9 Å². The molecule has 0 aromatic heterocycles. The van der Waals surface area contributed by atoms with Gasteiger partial charge in [0.15, 0.2) is 0 Å². The van der Waals surface area contributed by atoms with Crippen molar-refractivity contribution < 1.29 is 16.8 Å². The summed E-state index contributed by atoms with van der Waals surface area (Å²) in [5.74, 6) is -0.0564. The fourth-order valence-electron chi connectivity index (χ4n) is 3.83. The van der Waals surface area contributed by atoms with E-state index in [4.69, 9.17) is 11.6 Å². The predicted octanol–water partition coefficient (Wildman–Crippen LogP) is 4.95. The van der Waals surface area contributed by atoms with Crippen molar-refractivity contribution in [2.45, 2.75) is 31.2 Å². The van der Waals surface area contributed by atoms with E-state index in [1.807, 2.05) is 31.2 Å². The Hall–Kier alpha value is -2.88. The third-order valence-corrected chi connectivity index (χ3v) is 8.83. The lowest BCUT2D eigenvalue weighted by atomic mass is 9.96. The maximum Gasteiger partial charge on any atom is 0.279 e. The van der Waals surface area contributed by atoms with Gasteiger partial charge in [-0.15, -0.1) is 0 Å². The SMILES string of the molecule is CCS(=O)(=O)Nc1cccc(C2=NN(S(=O)(=O)c3cccc(Cl)c3)C(c3ccccc3C)C2)c1. The quantitative estimate of drug-likeness (QED) is 0.479. The molecule has 1 aliphatic rings. The summed E-state index contributed by atoms with van der Waals surface area (Å²) in [6.45, 7) is 3.48. The third-order valence-electron chi connectivity index (χ3n) is 5.61. The molecule has 1 atom stereocenters. The Kier molecular flexibility index (Phi) is 6.71. The zero-order valence-electron chi connectivity index (χ0n) is 18.6. The number of anilines is 1. The second-order valence-corrected chi connectivity index (χ2v) is 12.2. The Morgan fingerprint density at radius 2 is 1.74 bits per heavy atom. The van der Waals surface area contributed by atoms with Crippen molar-refractivity contribution in [3.8, 4) is 0 Å². The third kappa shape index (κ3) is 4.96. The summed E-state index contributed by atoms with van der Waals surface area (Å²) >= 11 is 6.07. The largest absolute Gasteiger partial charge is 0.284 e. The molecule has 1 heterocycles. The molecule has 0 spiro atoms. The van der Waals surface area contributed by atoms with Gasteiger partial charge in [-0.25, -0.2) is 8.42 Å². The van der Waals surface area contributed by atoms with E-state index < -0.39 is 26.1 Å². The van der Waals surface area contributed by atoms with Gasteiger partial charge in [0.1, 0.15) is 0 Å². The van der Waals surface area contributed by atoms with Gasteiger partial charge in [-0.3, -0.25) is 4.72 Å². The molecule has 1 unspecified atom stereocenters. The molecule has 34 heavy (non-hydrogen) atoms. The number of sulfonamides is 2. The van der Waals surface area contributed by atoms with E-state index >= 15 is 0 Å². The van der Waals surface area contributed by atoms with E-state index in [0.717, 1.165) is 15.5 Å². The zero-order valence-corrected chi connectivity index (χ0v) is 21.0. The molecule has 3 aromatic rings. The zero-order chi connectivity index (χ0) is 24.5. The summed E-state index contributed by atoms with van der Waals surface area (Å²) in [7, 11) is -7.46. The van der Waals surface area contributed by atoms with Crippen LogP contribution in [0.3, 0.4) is 0 Å². The Morgan fingerprint density at radius 1 is 1.00 bits per heavy atom. The van der Waals surface area contributed by atoms with Crippen LogP contribution in [0.1, 0.15) is 36.1 Å². The van der Waals surface area contributed by atoms with Crippen LogP contribution in [-0.2, 0) is 20.0 Å². The highest BCUT2D eigenvalue weighted by Gasteiger charge is 2.38. The molecule has 0 fully saturated rings. The van der Waals surface area contributed by atoms with Crippen LogP contribution < -0.4 is 4.72 Å². The number of nitrogens with one attached hydrogen (secondary N) is 1. The first-order chi connectivity index (χ1) is 16.1. The van der Waals surface area contributed by atoms with Crippen LogP contribution in [0.15, 0.2) is 82.8 Å². The van der Waals surface area contributed by atoms with Gasteiger partial charge in [-0.2, -0.15) is 17.9 Å². The minimum Gasteiger partial charge on any atom is -0.284 e. The highest BCUT2D eigenvalue weighted by Crippen LogP contribution is 2.38. The minimum atomic E-state index is -4.01. The molecule has 7 nitrogen and oxygen atoms in total. The number of hydrazone groups is 1. The number of benzene rings is 3. The van der Waals surface area contributed by atoms with Crippen LogP contribution in [0.2, 0.25) is 5.02 Å². The molecule has 0 saturated heterocycles. The van der Waals surface area contributed by atoms with E-state index in [1.165, 1.54) is 12.1 Å². The summed E-state index contributed by atoms with van der Waals surface area (Å²) in [4.78, 5) is 0.0491. The molecule has 0 saturated carbocycles. The van der Waals surface area contributed by atoms with Crippen molar-refractivity contribution in [3.63, 3.8) is 0 Å². The molecular weight excluding hydrogens is 494 g/mol. The summed E-state index contributed by atoms with van der Waals surface area (Å²) in [6, 6.07) is 19.9. The van der Waals surface area contributed by atoms with Gasteiger partial charge < -0.3 is 0 Å². The lowest BCUT2D eigenvalue weighted by Gasteiger charge is -2.24. The van der Waals surface area contributed by atoms with Crippen LogP contribution in [0.4, 0.5) is 5.69 Å². The van der Waals surface area contributed by atoms with E-state index in [2.05, 4.69) is 9.82 Å². The van der Waals surface area contributed by atoms with E-state index in [1.54, 1.807) is 43.3 Å². The molecule has 0 amide bonds. The monoisotopic (exact) mass is 517 g/mol. The molecule has 1 N–H and O–H groups in total. The first-order valence-electron chi connectivity index (χ1n) is 10.6. The average molecular weight is 518 g/mol. The number of hydrogen-bond acceptors (Lipinski definition) is 5.